The molecule has 2 atom stereocenters. The molecule has 0 amide bonds. The number of hydrogen-bond donors (Lipinski definition) is 1. The van der Waals surface area contributed by atoms with Crippen LogP contribution >= 0.6 is 11.3 Å². The zero-order chi connectivity index (χ0) is 14.5. The van der Waals surface area contributed by atoms with Crippen molar-refractivity contribution in [3.05, 3.63) is 27.7 Å². The average Bonchev–Trinajstić information content (AvgIpc) is 3.05. The normalized spacial score (nSPS) is 14.4. The van der Waals surface area contributed by atoms with Crippen molar-refractivity contribution in [2.45, 2.75) is 52.6 Å². The molecule has 2 aromatic heterocycles. The van der Waals surface area contributed by atoms with Crippen molar-refractivity contribution in [3.63, 3.8) is 0 Å². The number of nitrogens with zero attached hydrogens (tertiary/aromatic N) is 4. The topological polar surface area (TPSA) is 55.6 Å². The summed E-state index contributed by atoms with van der Waals surface area (Å²) >= 11 is 1.84. The zero-order valence-electron chi connectivity index (χ0n) is 12.6. The molecule has 5 nitrogen and oxygen atoms in total. The van der Waals surface area contributed by atoms with Gasteiger partial charge in [-0.3, -0.25) is 0 Å². The van der Waals surface area contributed by atoms with Gasteiger partial charge in [0.05, 0.1) is 12.1 Å². The lowest BCUT2D eigenvalue weighted by Gasteiger charge is -2.17. The van der Waals surface area contributed by atoms with Crippen molar-refractivity contribution in [3.8, 4) is 0 Å². The van der Waals surface area contributed by atoms with Gasteiger partial charge < -0.3 is 5.32 Å². The Labute approximate surface area is 124 Å². The van der Waals surface area contributed by atoms with Crippen molar-refractivity contribution < 1.29 is 0 Å². The molecule has 0 aliphatic rings. The summed E-state index contributed by atoms with van der Waals surface area (Å²) in [5, 5.41) is 15.6. The predicted molar refractivity (Wildman–Crippen MR) is 82.0 cm³/mol. The SMILES string of the molecule is CCCNC(C)c1nnnn1C(C)Cc1ccc(C)s1. The molecule has 0 saturated carbocycles. The molecule has 0 aromatic carbocycles. The van der Waals surface area contributed by atoms with E-state index in [1.165, 1.54) is 9.75 Å². The fraction of sp³-hybridized carbons (Fsp3) is 0.643. The molecular weight excluding hydrogens is 270 g/mol. The third kappa shape index (κ3) is 3.64. The molecule has 0 spiro atoms. The molecule has 0 radical (unpaired) electrons. The minimum Gasteiger partial charge on any atom is -0.307 e. The first-order chi connectivity index (χ1) is 9.61. The van der Waals surface area contributed by atoms with Gasteiger partial charge in [0.1, 0.15) is 0 Å². The summed E-state index contributed by atoms with van der Waals surface area (Å²) in [6.07, 6.45) is 2.08. The molecule has 110 valence electrons. The van der Waals surface area contributed by atoms with E-state index in [4.69, 9.17) is 0 Å². The zero-order valence-corrected chi connectivity index (χ0v) is 13.4. The molecule has 2 heterocycles. The standard InChI is InChI=1S/C14H23N5S/c1-5-8-15-12(4)14-16-17-18-19(14)10(2)9-13-7-6-11(3)20-13/h6-7,10,12,15H,5,8-9H2,1-4H3. The highest BCUT2D eigenvalue weighted by Crippen LogP contribution is 2.22. The molecule has 2 rings (SSSR count). The van der Waals surface area contributed by atoms with Crippen LogP contribution in [0, 0.1) is 6.92 Å². The Morgan fingerprint density at radius 3 is 2.80 bits per heavy atom. The van der Waals surface area contributed by atoms with Crippen LogP contribution in [0.1, 0.15) is 54.9 Å². The van der Waals surface area contributed by atoms with Gasteiger partial charge in [-0.15, -0.1) is 16.4 Å². The van der Waals surface area contributed by atoms with Gasteiger partial charge in [-0.05, 0) is 56.3 Å². The average molecular weight is 293 g/mol. The van der Waals surface area contributed by atoms with Crippen LogP contribution in [0.5, 0.6) is 0 Å². The summed E-state index contributed by atoms with van der Waals surface area (Å²) in [7, 11) is 0. The fourth-order valence-corrected chi connectivity index (χ4v) is 3.23. The van der Waals surface area contributed by atoms with E-state index in [0.29, 0.717) is 0 Å². The van der Waals surface area contributed by atoms with Crippen molar-refractivity contribution in [2.24, 2.45) is 0 Å². The largest absolute Gasteiger partial charge is 0.307 e. The Bertz CT molecular complexity index is 533. The molecule has 0 aliphatic carbocycles. The lowest BCUT2D eigenvalue weighted by molar-refractivity contribution is 0.426. The van der Waals surface area contributed by atoms with Crippen LogP contribution in [0.2, 0.25) is 0 Å². The van der Waals surface area contributed by atoms with Gasteiger partial charge in [0.2, 0.25) is 0 Å². The Morgan fingerprint density at radius 1 is 1.35 bits per heavy atom. The minimum absolute atomic E-state index is 0.178. The molecule has 0 saturated heterocycles. The van der Waals surface area contributed by atoms with Crippen molar-refractivity contribution in [1.29, 1.82) is 0 Å². The monoisotopic (exact) mass is 293 g/mol. The Hall–Kier alpha value is -1.27. The van der Waals surface area contributed by atoms with Crippen LogP contribution in [0.25, 0.3) is 0 Å². The first kappa shape index (κ1) is 15.1. The van der Waals surface area contributed by atoms with Crippen molar-refractivity contribution in [1.82, 2.24) is 25.5 Å². The van der Waals surface area contributed by atoms with E-state index in [0.717, 1.165) is 25.2 Å². The minimum atomic E-state index is 0.178. The maximum Gasteiger partial charge on any atom is 0.168 e. The van der Waals surface area contributed by atoms with Gasteiger partial charge >= 0.3 is 0 Å². The number of aromatic nitrogens is 4. The second-order valence-electron chi connectivity index (χ2n) is 5.22. The maximum absolute atomic E-state index is 4.18. The van der Waals surface area contributed by atoms with E-state index >= 15 is 0 Å². The molecular formula is C14H23N5S. The van der Waals surface area contributed by atoms with E-state index in [9.17, 15) is 0 Å². The number of tetrazole rings is 1. The summed E-state index contributed by atoms with van der Waals surface area (Å²) in [5.74, 6) is 0.916. The molecule has 2 aromatic rings. The van der Waals surface area contributed by atoms with Gasteiger partial charge in [0.15, 0.2) is 5.82 Å². The van der Waals surface area contributed by atoms with Crippen LogP contribution in [0.15, 0.2) is 12.1 Å². The molecule has 2 unspecified atom stereocenters. The quantitative estimate of drug-likeness (QED) is 0.853. The number of rotatable bonds is 7. The van der Waals surface area contributed by atoms with Gasteiger partial charge in [-0.1, -0.05) is 6.92 Å². The van der Waals surface area contributed by atoms with Gasteiger partial charge in [0, 0.05) is 16.2 Å². The highest BCUT2D eigenvalue weighted by Gasteiger charge is 2.18. The van der Waals surface area contributed by atoms with Crippen LogP contribution in [0.4, 0.5) is 0 Å². The summed E-state index contributed by atoms with van der Waals surface area (Å²) < 4.78 is 1.95. The smallest absolute Gasteiger partial charge is 0.168 e. The second-order valence-corrected chi connectivity index (χ2v) is 6.60. The van der Waals surface area contributed by atoms with E-state index in [1.54, 1.807) is 0 Å². The Kier molecular flexibility index (Phi) is 5.25. The summed E-state index contributed by atoms with van der Waals surface area (Å²) in [4.78, 5) is 2.73. The Morgan fingerprint density at radius 2 is 2.15 bits per heavy atom. The number of aryl methyl sites for hydroxylation is 1. The van der Waals surface area contributed by atoms with Crippen LogP contribution < -0.4 is 5.32 Å². The van der Waals surface area contributed by atoms with Crippen molar-refractivity contribution in [2.75, 3.05) is 6.54 Å². The third-order valence-corrected chi connectivity index (χ3v) is 4.34. The number of hydrogen-bond acceptors (Lipinski definition) is 5. The molecule has 0 bridgehead atoms. The van der Waals surface area contributed by atoms with Gasteiger partial charge in [-0.2, -0.15) is 0 Å². The first-order valence-corrected chi connectivity index (χ1v) is 8.00. The molecule has 20 heavy (non-hydrogen) atoms. The predicted octanol–water partition coefficient (Wildman–Crippen LogP) is 2.91. The summed E-state index contributed by atoms with van der Waals surface area (Å²) in [6, 6.07) is 4.80. The molecule has 0 fully saturated rings. The van der Waals surface area contributed by atoms with E-state index < -0.39 is 0 Å². The van der Waals surface area contributed by atoms with Gasteiger partial charge in [0.25, 0.3) is 0 Å². The number of thiophene rings is 1. The molecule has 1 N–H and O–H groups in total. The summed E-state index contributed by atoms with van der Waals surface area (Å²) in [6.45, 7) is 9.55. The van der Waals surface area contributed by atoms with Crippen molar-refractivity contribution >= 4 is 11.3 Å². The van der Waals surface area contributed by atoms with Crippen LogP contribution in [-0.2, 0) is 6.42 Å². The van der Waals surface area contributed by atoms with E-state index in [2.05, 4.69) is 60.7 Å². The fourth-order valence-electron chi connectivity index (χ4n) is 2.22. The highest BCUT2D eigenvalue weighted by molar-refractivity contribution is 7.11. The third-order valence-electron chi connectivity index (χ3n) is 3.32. The van der Waals surface area contributed by atoms with Crippen LogP contribution in [0.3, 0.4) is 0 Å². The van der Waals surface area contributed by atoms with E-state index in [-0.39, 0.29) is 12.1 Å². The lowest BCUT2D eigenvalue weighted by Crippen LogP contribution is -2.24. The Balaban J connectivity index is 2.06. The lowest BCUT2D eigenvalue weighted by atomic mass is 10.2. The maximum atomic E-state index is 4.18. The summed E-state index contributed by atoms with van der Waals surface area (Å²) in [5.41, 5.74) is 0. The number of nitrogens with one attached hydrogen (secondary N) is 1. The van der Waals surface area contributed by atoms with E-state index in [1.807, 2.05) is 16.0 Å². The molecule has 6 heteroatoms. The second kappa shape index (κ2) is 6.95. The highest BCUT2D eigenvalue weighted by atomic mass is 32.1. The first-order valence-electron chi connectivity index (χ1n) is 7.18. The van der Waals surface area contributed by atoms with Crippen LogP contribution in [-0.4, -0.2) is 26.8 Å². The molecule has 0 aliphatic heterocycles. The van der Waals surface area contributed by atoms with Gasteiger partial charge in [-0.25, -0.2) is 4.68 Å².